The van der Waals surface area contributed by atoms with Crippen LogP contribution in [0.25, 0.3) is 6.08 Å². The maximum absolute atomic E-state index is 12.0. The summed E-state index contributed by atoms with van der Waals surface area (Å²) >= 11 is 1.27. The van der Waals surface area contributed by atoms with E-state index in [2.05, 4.69) is 10.6 Å². The lowest BCUT2D eigenvalue weighted by Gasteiger charge is -2.22. The number of hydrogen-bond acceptors (Lipinski definition) is 4. The Morgan fingerprint density at radius 3 is 2.62 bits per heavy atom. The second kappa shape index (κ2) is 7.03. The summed E-state index contributed by atoms with van der Waals surface area (Å²) in [5, 5.41) is 15.4. The molecule has 0 radical (unpaired) electrons. The van der Waals surface area contributed by atoms with Gasteiger partial charge in [-0.05, 0) is 26.0 Å². The molecule has 114 valence electrons. The third-order valence-electron chi connectivity index (χ3n) is 2.80. The summed E-state index contributed by atoms with van der Waals surface area (Å²) < 4.78 is 0. The number of carbonyl (C=O) groups is 3. The van der Waals surface area contributed by atoms with E-state index in [1.165, 1.54) is 17.4 Å². The summed E-state index contributed by atoms with van der Waals surface area (Å²) in [6, 6.07) is 1.60. The molecule has 0 unspecified atom stereocenters. The van der Waals surface area contributed by atoms with Crippen molar-refractivity contribution in [3.05, 3.63) is 28.0 Å². The molecule has 0 aliphatic heterocycles. The quantitative estimate of drug-likeness (QED) is 0.691. The first kappa shape index (κ1) is 16.9. The van der Waals surface area contributed by atoms with Crippen molar-refractivity contribution in [3.63, 3.8) is 0 Å². The zero-order valence-electron chi connectivity index (χ0n) is 12.1. The Labute approximate surface area is 126 Å². The van der Waals surface area contributed by atoms with E-state index in [-0.39, 0.29) is 18.4 Å². The topological polar surface area (TPSA) is 95.5 Å². The third kappa shape index (κ3) is 5.03. The van der Waals surface area contributed by atoms with Gasteiger partial charge in [0.25, 0.3) is 5.91 Å². The van der Waals surface area contributed by atoms with Crippen LogP contribution in [-0.4, -0.2) is 36.5 Å². The second-order valence-corrected chi connectivity index (χ2v) is 6.00. The molecule has 1 heterocycles. The largest absolute Gasteiger partial charge is 0.478 e. The predicted molar refractivity (Wildman–Crippen MR) is 81.2 cm³/mol. The van der Waals surface area contributed by atoms with Gasteiger partial charge in [0.15, 0.2) is 0 Å². The van der Waals surface area contributed by atoms with E-state index in [1.807, 2.05) is 0 Å². The Kier molecular flexibility index (Phi) is 5.66. The fraction of sp³-hybridized carbons (Fsp3) is 0.357. The highest BCUT2D eigenvalue weighted by Crippen LogP contribution is 2.17. The Morgan fingerprint density at radius 1 is 1.38 bits per heavy atom. The summed E-state index contributed by atoms with van der Waals surface area (Å²) in [5.41, 5.74) is -0.260. The molecule has 1 aromatic heterocycles. The summed E-state index contributed by atoms with van der Waals surface area (Å²) in [6.07, 6.45) is 2.44. The second-order valence-electron chi connectivity index (χ2n) is 5.06. The minimum absolute atomic E-state index is 0.154. The highest BCUT2D eigenvalue weighted by atomic mass is 32.1. The Bertz CT molecular complexity index is 575. The van der Waals surface area contributed by atoms with Crippen LogP contribution in [0.3, 0.4) is 0 Å². The van der Waals surface area contributed by atoms with Crippen molar-refractivity contribution in [1.82, 2.24) is 10.6 Å². The SMILES string of the molecule is CNC(=O)C(C)(C)CNC(=O)c1csc(/C=C/C(=O)O)c1. The Morgan fingerprint density at radius 2 is 2.05 bits per heavy atom. The molecular weight excluding hydrogens is 292 g/mol. The van der Waals surface area contributed by atoms with Gasteiger partial charge in [0.1, 0.15) is 0 Å². The van der Waals surface area contributed by atoms with E-state index in [9.17, 15) is 14.4 Å². The van der Waals surface area contributed by atoms with Crippen molar-refractivity contribution in [1.29, 1.82) is 0 Å². The number of hydrogen-bond donors (Lipinski definition) is 3. The van der Waals surface area contributed by atoms with Gasteiger partial charge in [-0.3, -0.25) is 9.59 Å². The van der Waals surface area contributed by atoms with Crippen LogP contribution in [0.2, 0.25) is 0 Å². The maximum Gasteiger partial charge on any atom is 0.328 e. The minimum atomic E-state index is -1.04. The van der Waals surface area contributed by atoms with Crippen LogP contribution >= 0.6 is 11.3 Å². The molecule has 6 nitrogen and oxygen atoms in total. The van der Waals surface area contributed by atoms with Gasteiger partial charge < -0.3 is 15.7 Å². The highest BCUT2D eigenvalue weighted by Gasteiger charge is 2.27. The van der Waals surface area contributed by atoms with Gasteiger partial charge in [0.05, 0.1) is 11.0 Å². The lowest BCUT2D eigenvalue weighted by atomic mass is 9.92. The average Bonchev–Trinajstić information content (AvgIpc) is 2.90. The Hall–Kier alpha value is -2.15. The van der Waals surface area contributed by atoms with Gasteiger partial charge in [-0.15, -0.1) is 11.3 Å². The van der Waals surface area contributed by atoms with Crippen LogP contribution in [0.15, 0.2) is 17.5 Å². The van der Waals surface area contributed by atoms with Gasteiger partial charge in [-0.2, -0.15) is 0 Å². The number of carboxylic acid groups (broad SMARTS) is 1. The molecule has 0 fully saturated rings. The van der Waals surface area contributed by atoms with E-state index < -0.39 is 11.4 Å². The average molecular weight is 310 g/mol. The Balaban J connectivity index is 2.65. The van der Waals surface area contributed by atoms with E-state index in [1.54, 1.807) is 32.3 Å². The van der Waals surface area contributed by atoms with Crippen molar-refractivity contribution >= 4 is 35.2 Å². The molecule has 0 bridgehead atoms. The number of thiophene rings is 1. The molecule has 0 aromatic carbocycles. The number of aliphatic carboxylic acids is 1. The number of carboxylic acids is 1. The van der Waals surface area contributed by atoms with E-state index in [0.29, 0.717) is 10.4 Å². The first-order chi connectivity index (χ1) is 9.76. The first-order valence-electron chi connectivity index (χ1n) is 6.26. The molecule has 0 saturated carbocycles. The first-order valence-corrected chi connectivity index (χ1v) is 7.14. The van der Waals surface area contributed by atoms with Crippen LogP contribution in [0.1, 0.15) is 29.1 Å². The monoisotopic (exact) mass is 310 g/mol. The molecule has 0 spiro atoms. The smallest absolute Gasteiger partial charge is 0.328 e. The molecule has 0 aliphatic rings. The molecule has 7 heteroatoms. The highest BCUT2D eigenvalue weighted by molar-refractivity contribution is 7.11. The van der Waals surface area contributed by atoms with Gasteiger partial charge in [-0.1, -0.05) is 0 Å². The summed E-state index contributed by atoms with van der Waals surface area (Å²) in [6.45, 7) is 3.68. The van der Waals surface area contributed by atoms with E-state index >= 15 is 0 Å². The lowest BCUT2D eigenvalue weighted by molar-refractivity contribution is -0.131. The molecule has 1 aromatic rings. The summed E-state index contributed by atoms with van der Waals surface area (Å²) in [4.78, 5) is 34.7. The third-order valence-corrected chi connectivity index (χ3v) is 3.70. The summed E-state index contributed by atoms with van der Waals surface area (Å²) in [5.74, 6) is -1.49. The molecule has 3 N–H and O–H groups in total. The molecular formula is C14H18N2O4S. The van der Waals surface area contributed by atoms with E-state index in [0.717, 1.165) is 6.08 Å². The predicted octanol–water partition coefficient (Wildman–Crippen LogP) is 1.35. The molecule has 21 heavy (non-hydrogen) atoms. The van der Waals surface area contributed by atoms with Gasteiger partial charge in [-0.25, -0.2) is 4.79 Å². The number of amides is 2. The maximum atomic E-state index is 12.0. The number of nitrogens with one attached hydrogen (secondary N) is 2. The van der Waals surface area contributed by atoms with Crippen LogP contribution in [0, 0.1) is 5.41 Å². The van der Waals surface area contributed by atoms with E-state index in [4.69, 9.17) is 5.11 Å². The van der Waals surface area contributed by atoms with Crippen molar-refractivity contribution in [2.75, 3.05) is 13.6 Å². The fourth-order valence-electron chi connectivity index (χ4n) is 1.53. The minimum Gasteiger partial charge on any atom is -0.478 e. The van der Waals surface area contributed by atoms with Crippen molar-refractivity contribution in [3.8, 4) is 0 Å². The van der Waals surface area contributed by atoms with Crippen LogP contribution < -0.4 is 10.6 Å². The van der Waals surface area contributed by atoms with Gasteiger partial charge >= 0.3 is 5.97 Å². The summed E-state index contributed by atoms with van der Waals surface area (Å²) in [7, 11) is 1.55. The van der Waals surface area contributed by atoms with Crippen LogP contribution in [-0.2, 0) is 9.59 Å². The molecule has 2 amide bonds. The molecule has 0 atom stereocenters. The van der Waals surface area contributed by atoms with Crippen LogP contribution in [0.5, 0.6) is 0 Å². The van der Waals surface area contributed by atoms with Gasteiger partial charge in [0, 0.05) is 29.9 Å². The molecule has 0 saturated heterocycles. The number of carbonyl (C=O) groups excluding carboxylic acids is 2. The van der Waals surface area contributed by atoms with Crippen molar-refractivity contribution < 1.29 is 19.5 Å². The van der Waals surface area contributed by atoms with Gasteiger partial charge in [0.2, 0.25) is 5.91 Å². The zero-order valence-corrected chi connectivity index (χ0v) is 12.9. The van der Waals surface area contributed by atoms with Crippen molar-refractivity contribution in [2.45, 2.75) is 13.8 Å². The number of rotatable bonds is 6. The lowest BCUT2D eigenvalue weighted by Crippen LogP contribution is -2.43. The van der Waals surface area contributed by atoms with Crippen molar-refractivity contribution in [2.24, 2.45) is 5.41 Å². The zero-order chi connectivity index (χ0) is 16.0. The standard InChI is InChI=1S/C14H18N2O4S/c1-14(2,13(20)15-3)8-16-12(19)9-6-10(21-7-9)4-5-11(17)18/h4-7H,8H2,1-3H3,(H,15,20)(H,16,19)(H,17,18)/b5-4+. The normalized spacial score (nSPS) is 11.4. The molecule has 1 rings (SSSR count). The van der Waals surface area contributed by atoms with Crippen LogP contribution in [0.4, 0.5) is 0 Å². The molecule has 0 aliphatic carbocycles. The fourth-order valence-corrected chi connectivity index (χ4v) is 2.31.